The summed E-state index contributed by atoms with van der Waals surface area (Å²) in [5.74, 6) is 1.58. The van der Waals surface area contributed by atoms with Crippen molar-refractivity contribution < 1.29 is 17.9 Å². The van der Waals surface area contributed by atoms with E-state index in [1.807, 2.05) is 0 Å². The van der Waals surface area contributed by atoms with Crippen molar-refractivity contribution in [2.75, 3.05) is 19.0 Å². The van der Waals surface area contributed by atoms with Crippen molar-refractivity contribution in [1.29, 1.82) is 0 Å². The largest absolute Gasteiger partial charge is 0.457 e. The Balaban J connectivity index is 1.67. The van der Waals surface area contributed by atoms with Crippen molar-refractivity contribution in [3.05, 3.63) is 53.6 Å². The lowest BCUT2D eigenvalue weighted by atomic mass is 10.0. The Bertz CT molecular complexity index is 764. The first-order valence-electron chi connectivity index (χ1n) is 7.87. The summed E-state index contributed by atoms with van der Waals surface area (Å²) < 4.78 is 36.0. The van der Waals surface area contributed by atoms with Gasteiger partial charge in [0.05, 0.1) is 10.6 Å². The maximum atomic E-state index is 12.5. The van der Waals surface area contributed by atoms with Crippen LogP contribution in [0.1, 0.15) is 12.8 Å². The molecule has 0 saturated carbocycles. The number of benzene rings is 2. The number of sulfone groups is 1. The van der Waals surface area contributed by atoms with Gasteiger partial charge in [-0.25, -0.2) is 8.42 Å². The summed E-state index contributed by atoms with van der Waals surface area (Å²) in [6.07, 6.45) is 1.61. The standard InChI is InChI=1S/C18H19ClO4S/c19-15-1-3-16(4-2-15)23-17-5-7-18(8-6-17)24(20,21)13-14-9-11-22-12-10-14/h1-8,14H,9-13H2. The Morgan fingerprint density at radius 1 is 0.958 bits per heavy atom. The lowest BCUT2D eigenvalue weighted by Crippen LogP contribution is -2.23. The second-order valence-electron chi connectivity index (χ2n) is 5.86. The number of ether oxygens (including phenoxy) is 2. The van der Waals surface area contributed by atoms with Crippen LogP contribution < -0.4 is 4.74 Å². The Kier molecular flexibility index (Phi) is 5.43. The van der Waals surface area contributed by atoms with Crippen LogP contribution in [0.15, 0.2) is 53.4 Å². The normalized spacial score (nSPS) is 16.0. The van der Waals surface area contributed by atoms with Gasteiger partial charge in [0.1, 0.15) is 11.5 Å². The van der Waals surface area contributed by atoms with Crippen LogP contribution in [0.3, 0.4) is 0 Å². The van der Waals surface area contributed by atoms with Gasteiger partial charge >= 0.3 is 0 Å². The predicted octanol–water partition coefficient (Wildman–Crippen LogP) is 4.33. The topological polar surface area (TPSA) is 52.6 Å². The zero-order valence-electron chi connectivity index (χ0n) is 13.2. The lowest BCUT2D eigenvalue weighted by Gasteiger charge is -2.21. The molecule has 0 bridgehead atoms. The molecule has 4 nitrogen and oxygen atoms in total. The molecule has 1 heterocycles. The monoisotopic (exact) mass is 366 g/mol. The van der Waals surface area contributed by atoms with E-state index in [-0.39, 0.29) is 11.7 Å². The number of hydrogen-bond acceptors (Lipinski definition) is 4. The number of hydrogen-bond donors (Lipinski definition) is 0. The molecule has 0 aliphatic carbocycles. The lowest BCUT2D eigenvalue weighted by molar-refractivity contribution is 0.0723. The Hall–Kier alpha value is -1.56. The van der Waals surface area contributed by atoms with Crippen molar-refractivity contribution in [2.24, 2.45) is 5.92 Å². The SMILES string of the molecule is O=S(=O)(CC1CCOCC1)c1ccc(Oc2ccc(Cl)cc2)cc1. The Labute approximate surface area is 147 Å². The first kappa shape index (κ1) is 17.3. The van der Waals surface area contributed by atoms with Crippen molar-refractivity contribution >= 4 is 21.4 Å². The highest BCUT2D eigenvalue weighted by Gasteiger charge is 2.23. The maximum Gasteiger partial charge on any atom is 0.178 e. The fourth-order valence-electron chi connectivity index (χ4n) is 2.67. The van der Waals surface area contributed by atoms with E-state index in [4.69, 9.17) is 21.1 Å². The average Bonchev–Trinajstić information content (AvgIpc) is 2.58. The van der Waals surface area contributed by atoms with E-state index in [0.29, 0.717) is 34.6 Å². The summed E-state index contributed by atoms with van der Waals surface area (Å²) >= 11 is 5.84. The van der Waals surface area contributed by atoms with E-state index in [0.717, 1.165) is 12.8 Å². The van der Waals surface area contributed by atoms with E-state index < -0.39 is 9.84 Å². The van der Waals surface area contributed by atoms with Gasteiger partial charge in [0.25, 0.3) is 0 Å². The van der Waals surface area contributed by atoms with Gasteiger partial charge in [0.15, 0.2) is 9.84 Å². The van der Waals surface area contributed by atoms with Crippen LogP contribution in [-0.4, -0.2) is 27.4 Å². The van der Waals surface area contributed by atoms with Crippen LogP contribution in [0.4, 0.5) is 0 Å². The predicted molar refractivity (Wildman–Crippen MR) is 93.6 cm³/mol. The van der Waals surface area contributed by atoms with Gasteiger partial charge < -0.3 is 9.47 Å². The molecule has 1 aliphatic rings. The van der Waals surface area contributed by atoms with E-state index in [1.54, 1.807) is 48.5 Å². The molecule has 1 saturated heterocycles. The molecule has 0 aromatic heterocycles. The number of halogens is 1. The fraction of sp³-hybridized carbons (Fsp3) is 0.333. The van der Waals surface area contributed by atoms with Crippen LogP contribution >= 0.6 is 11.6 Å². The summed E-state index contributed by atoms with van der Waals surface area (Å²) in [6.45, 7) is 1.29. The zero-order valence-corrected chi connectivity index (χ0v) is 14.7. The van der Waals surface area contributed by atoms with E-state index in [2.05, 4.69) is 0 Å². The third-order valence-corrected chi connectivity index (χ3v) is 6.18. The molecule has 0 radical (unpaired) electrons. The van der Waals surface area contributed by atoms with Gasteiger partial charge in [-0.2, -0.15) is 0 Å². The molecule has 0 N–H and O–H groups in total. The molecule has 128 valence electrons. The summed E-state index contributed by atoms with van der Waals surface area (Å²) in [6, 6.07) is 13.5. The summed E-state index contributed by atoms with van der Waals surface area (Å²) in [4.78, 5) is 0.331. The zero-order chi connectivity index (χ0) is 17.0. The van der Waals surface area contributed by atoms with Crippen molar-refractivity contribution in [1.82, 2.24) is 0 Å². The van der Waals surface area contributed by atoms with E-state index in [1.165, 1.54) is 0 Å². The summed E-state index contributed by atoms with van der Waals surface area (Å²) in [5, 5.41) is 0.636. The van der Waals surface area contributed by atoms with Crippen LogP contribution in [0.2, 0.25) is 5.02 Å². The van der Waals surface area contributed by atoms with Gasteiger partial charge in [-0.15, -0.1) is 0 Å². The summed E-state index contributed by atoms with van der Waals surface area (Å²) in [7, 11) is -3.28. The van der Waals surface area contributed by atoms with Gasteiger partial charge in [-0.3, -0.25) is 0 Å². The minimum atomic E-state index is -3.28. The molecule has 1 fully saturated rings. The molecule has 0 atom stereocenters. The van der Waals surface area contributed by atoms with Gasteiger partial charge in [-0.1, -0.05) is 11.6 Å². The molecule has 0 amide bonds. The van der Waals surface area contributed by atoms with Gasteiger partial charge in [0.2, 0.25) is 0 Å². The molecule has 24 heavy (non-hydrogen) atoms. The molecular weight excluding hydrogens is 348 g/mol. The smallest absolute Gasteiger partial charge is 0.178 e. The van der Waals surface area contributed by atoms with Crippen LogP contribution in [-0.2, 0) is 14.6 Å². The third-order valence-electron chi connectivity index (χ3n) is 4.03. The first-order valence-corrected chi connectivity index (χ1v) is 9.90. The van der Waals surface area contributed by atoms with Crippen LogP contribution in [0.25, 0.3) is 0 Å². The second-order valence-corrected chi connectivity index (χ2v) is 8.34. The Morgan fingerprint density at radius 3 is 2.08 bits per heavy atom. The highest BCUT2D eigenvalue weighted by Crippen LogP contribution is 2.26. The molecule has 0 unspecified atom stereocenters. The molecule has 2 aromatic carbocycles. The molecule has 3 rings (SSSR count). The average molecular weight is 367 g/mol. The Morgan fingerprint density at radius 2 is 1.50 bits per heavy atom. The maximum absolute atomic E-state index is 12.5. The molecule has 1 aliphatic heterocycles. The van der Waals surface area contributed by atoms with Crippen molar-refractivity contribution in [2.45, 2.75) is 17.7 Å². The minimum Gasteiger partial charge on any atom is -0.457 e. The molecule has 0 spiro atoms. The van der Waals surface area contributed by atoms with E-state index in [9.17, 15) is 8.42 Å². The fourth-order valence-corrected chi connectivity index (χ4v) is 4.50. The van der Waals surface area contributed by atoms with Gasteiger partial charge in [-0.05, 0) is 67.3 Å². The summed E-state index contributed by atoms with van der Waals surface area (Å²) in [5.41, 5.74) is 0. The number of rotatable bonds is 5. The van der Waals surface area contributed by atoms with E-state index >= 15 is 0 Å². The third kappa shape index (κ3) is 4.50. The first-order chi connectivity index (χ1) is 11.5. The van der Waals surface area contributed by atoms with Crippen molar-refractivity contribution in [3.63, 3.8) is 0 Å². The van der Waals surface area contributed by atoms with Gasteiger partial charge in [0, 0.05) is 18.2 Å². The van der Waals surface area contributed by atoms with Crippen LogP contribution in [0.5, 0.6) is 11.5 Å². The molecular formula is C18H19ClO4S. The quantitative estimate of drug-likeness (QED) is 0.790. The highest BCUT2D eigenvalue weighted by molar-refractivity contribution is 7.91. The second kappa shape index (κ2) is 7.55. The highest BCUT2D eigenvalue weighted by atomic mass is 35.5. The molecule has 2 aromatic rings. The van der Waals surface area contributed by atoms with Crippen LogP contribution in [0, 0.1) is 5.92 Å². The van der Waals surface area contributed by atoms with Crippen molar-refractivity contribution in [3.8, 4) is 11.5 Å². The molecule has 6 heteroatoms. The minimum absolute atomic E-state index is 0.174.